The van der Waals surface area contributed by atoms with E-state index in [9.17, 15) is 9.59 Å². The SMILES string of the molecule is COc1ccc(C(=O)Nc2ccccc2C(=O)N2CCC(Oc3ccc(C)c(C)c3)CC2)cc1. The van der Waals surface area contributed by atoms with E-state index in [0.29, 0.717) is 35.7 Å². The van der Waals surface area contributed by atoms with Gasteiger partial charge in [0.2, 0.25) is 0 Å². The van der Waals surface area contributed by atoms with E-state index in [0.717, 1.165) is 18.6 Å². The number of hydrogen-bond acceptors (Lipinski definition) is 4. The van der Waals surface area contributed by atoms with Gasteiger partial charge in [-0.3, -0.25) is 9.59 Å². The van der Waals surface area contributed by atoms with Crippen LogP contribution in [0, 0.1) is 13.8 Å². The summed E-state index contributed by atoms with van der Waals surface area (Å²) in [7, 11) is 1.58. The van der Waals surface area contributed by atoms with E-state index in [4.69, 9.17) is 9.47 Å². The third-order valence-corrected chi connectivity index (χ3v) is 6.27. The third kappa shape index (κ3) is 5.39. The van der Waals surface area contributed by atoms with Crippen molar-refractivity contribution in [1.29, 1.82) is 0 Å². The van der Waals surface area contributed by atoms with Crippen molar-refractivity contribution in [3.05, 3.63) is 89.0 Å². The van der Waals surface area contributed by atoms with Gasteiger partial charge in [-0.2, -0.15) is 0 Å². The van der Waals surface area contributed by atoms with Gasteiger partial charge in [0.1, 0.15) is 17.6 Å². The molecule has 0 radical (unpaired) electrons. The van der Waals surface area contributed by atoms with Crippen LogP contribution in [0.3, 0.4) is 0 Å². The molecule has 1 N–H and O–H groups in total. The van der Waals surface area contributed by atoms with Crippen LogP contribution in [-0.2, 0) is 0 Å². The Morgan fingerprint density at radius 2 is 1.56 bits per heavy atom. The maximum absolute atomic E-state index is 13.3. The number of rotatable bonds is 6. The van der Waals surface area contributed by atoms with E-state index < -0.39 is 0 Å². The summed E-state index contributed by atoms with van der Waals surface area (Å²) in [6.45, 7) is 5.37. The number of likely N-dealkylation sites (tertiary alicyclic amines) is 1. The molecule has 6 nitrogen and oxygen atoms in total. The maximum atomic E-state index is 13.3. The van der Waals surface area contributed by atoms with E-state index in [1.54, 1.807) is 43.5 Å². The van der Waals surface area contributed by atoms with Crippen molar-refractivity contribution in [3.8, 4) is 11.5 Å². The first-order valence-electron chi connectivity index (χ1n) is 11.5. The second-order valence-electron chi connectivity index (χ2n) is 8.58. The fourth-order valence-corrected chi connectivity index (χ4v) is 4.04. The van der Waals surface area contributed by atoms with Gasteiger partial charge in [-0.25, -0.2) is 0 Å². The standard InChI is InChI=1S/C28H30N2O4/c1-19-8-11-24(18-20(19)2)34-23-14-16-30(17-15-23)28(32)25-6-4-5-7-26(25)29-27(31)21-9-12-22(33-3)13-10-21/h4-13,18,23H,14-17H2,1-3H3,(H,29,31). The molecule has 1 aliphatic heterocycles. The minimum Gasteiger partial charge on any atom is -0.497 e. The first kappa shape index (κ1) is 23.4. The van der Waals surface area contributed by atoms with Crippen molar-refractivity contribution in [2.24, 2.45) is 0 Å². The number of benzene rings is 3. The zero-order valence-electron chi connectivity index (χ0n) is 19.8. The average Bonchev–Trinajstić information content (AvgIpc) is 2.86. The van der Waals surface area contributed by atoms with Crippen LogP contribution < -0.4 is 14.8 Å². The fourth-order valence-electron chi connectivity index (χ4n) is 4.04. The Kier molecular flexibility index (Phi) is 7.16. The number of para-hydroxylation sites is 1. The highest BCUT2D eigenvalue weighted by Gasteiger charge is 2.26. The molecule has 3 aromatic rings. The Morgan fingerprint density at radius 1 is 0.882 bits per heavy atom. The van der Waals surface area contributed by atoms with E-state index in [-0.39, 0.29) is 17.9 Å². The van der Waals surface area contributed by atoms with Crippen molar-refractivity contribution < 1.29 is 19.1 Å². The molecule has 0 atom stereocenters. The minimum absolute atomic E-state index is 0.0798. The predicted octanol–water partition coefficient (Wildman–Crippen LogP) is 5.25. The lowest BCUT2D eigenvalue weighted by atomic mass is 10.0. The van der Waals surface area contributed by atoms with Gasteiger partial charge in [0.25, 0.3) is 11.8 Å². The zero-order chi connectivity index (χ0) is 24.1. The van der Waals surface area contributed by atoms with Crippen LogP contribution in [0.15, 0.2) is 66.7 Å². The number of nitrogens with zero attached hydrogens (tertiary/aromatic N) is 1. The average molecular weight is 459 g/mol. The molecule has 0 spiro atoms. The second kappa shape index (κ2) is 10.4. The number of methoxy groups -OCH3 is 1. The molecule has 0 unspecified atom stereocenters. The summed E-state index contributed by atoms with van der Waals surface area (Å²) in [6.07, 6.45) is 1.61. The van der Waals surface area contributed by atoms with Gasteiger partial charge in [0, 0.05) is 31.5 Å². The number of nitrogens with one attached hydrogen (secondary N) is 1. The van der Waals surface area contributed by atoms with Crippen molar-refractivity contribution >= 4 is 17.5 Å². The number of carbonyl (C=O) groups excluding carboxylic acids is 2. The fraction of sp³-hybridized carbons (Fsp3) is 0.286. The highest BCUT2D eigenvalue weighted by atomic mass is 16.5. The van der Waals surface area contributed by atoms with Crippen LogP contribution in [0.2, 0.25) is 0 Å². The van der Waals surface area contributed by atoms with Crippen LogP contribution in [0.25, 0.3) is 0 Å². The predicted molar refractivity (Wildman–Crippen MR) is 133 cm³/mol. The molecule has 34 heavy (non-hydrogen) atoms. The van der Waals surface area contributed by atoms with E-state index in [2.05, 4.69) is 31.3 Å². The lowest BCUT2D eigenvalue weighted by Crippen LogP contribution is -2.42. The minimum atomic E-state index is -0.275. The summed E-state index contributed by atoms with van der Waals surface area (Å²) >= 11 is 0. The summed E-state index contributed by atoms with van der Waals surface area (Å²) < 4.78 is 11.3. The van der Waals surface area contributed by atoms with Crippen LogP contribution in [-0.4, -0.2) is 43.0 Å². The van der Waals surface area contributed by atoms with E-state index >= 15 is 0 Å². The number of aryl methyl sites for hydroxylation is 2. The molecule has 3 aromatic carbocycles. The molecule has 176 valence electrons. The number of ether oxygens (including phenoxy) is 2. The summed E-state index contributed by atoms with van der Waals surface area (Å²) in [5.41, 5.74) is 3.93. The summed E-state index contributed by atoms with van der Waals surface area (Å²) in [4.78, 5) is 27.9. The van der Waals surface area contributed by atoms with Crippen LogP contribution in [0.1, 0.15) is 44.7 Å². The molecule has 1 saturated heterocycles. The van der Waals surface area contributed by atoms with Gasteiger partial charge in [0.15, 0.2) is 0 Å². The van der Waals surface area contributed by atoms with Crippen molar-refractivity contribution in [2.45, 2.75) is 32.8 Å². The highest BCUT2D eigenvalue weighted by Crippen LogP contribution is 2.24. The Morgan fingerprint density at radius 3 is 2.24 bits per heavy atom. The molecule has 6 heteroatoms. The topological polar surface area (TPSA) is 67.9 Å². The third-order valence-electron chi connectivity index (χ3n) is 6.27. The summed E-state index contributed by atoms with van der Waals surface area (Å²) in [5, 5.41) is 2.88. The van der Waals surface area contributed by atoms with Crippen LogP contribution in [0.4, 0.5) is 5.69 Å². The number of carbonyl (C=O) groups is 2. The Balaban J connectivity index is 1.38. The number of anilines is 1. The normalized spacial score (nSPS) is 13.9. The number of amides is 2. The van der Waals surface area contributed by atoms with E-state index in [1.807, 2.05) is 23.1 Å². The zero-order valence-corrected chi connectivity index (χ0v) is 19.8. The van der Waals surface area contributed by atoms with Crippen molar-refractivity contribution in [3.63, 3.8) is 0 Å². The molecule has 4 rings (SSSR count). The molecule has 0 saturated carbocycles. The molecule has 0 bridgehead atoms. The Labute approximate surface area is 200 Å². The van der Waals surface area contributed by atoms with Gasteiger partial charge in [-0.1, -0.05) is 18.2 Å². The Hall–Kier alpha value is -3.80. The molecule has 2 amide bonds. The second-order valence-corrected chi connectivity index (χ2v) is 8.58. The smallest absolute Gasteiger partial charge is 0.255 e. The van der Waals surface area contributed by atoms with Crippen LogP contribution in [0.5, 0.6) is 11.5 Å². The van der Waals surface area contributed by atoms with Crippen molar-refractivity contribution in [2.75, 3.05) is 25.5 Å². The molecular formula is C28H30N2O4. The van der Waals surface area contributed by atoms with Gasteiger partial charge >= 0.3 is 0 Å². The first-order chi connectivity index (χ1) is 16.4. The largest absolute Gasteiger partial charge is 0.497 e. The summed E-state index contributed by atoms with van der Waals surface area (Å²) in [5.74, 6) is 1.19. The summed E-state index contributed by atoms with van der Waals surface area (Å²) in [6, 6.07) is 20.1. The van der Waals surface area contributed by atoms with Crippen LogP contribution >= 0.6 is 0 Å². The first-order valence-corrected chi connectivity index (χ1v) is 11.5. The molecule has 0 aliphatic carbocycles. The van der Waals surface area contributed by atoms with Gasteiger partial charge < -0.3 is 19.7 Å². The number of hydrogen-bond donors (Lipinski definition) is 1. The molecular weight excluding hydrogens is 428 g/mol. The van der Waals surface area contributed by atoms with Gasteiger partial charge in [-0.05, 0) is 73.5 Å². The highest BCUT2D eigenvalue weighted by molar-refractivity contribution is 6.09. The van der Waals surface area contributed by atoms with Gasteiger partial charge in [-0.15, -0.1) is 0 Å². The monoisotopic (exact) mass is 458 g/mol. The molecule has 1 fully saturated rings. The van der Waals surface area contributed by atoms with Gasteiger partial charge in [0.05, 0.1) is 18.4 Å². The number of piperidine rings is 1. The molecule has 1 aliphatic rings. The molecule has 1 heterocycles. The van der Waals surface area contributed by atoms with Crippen molar-refractivity contribution in [1.82, 2.24) is 4.90 Å². The Bertz CT molecular complexity index is 1170. The lowest BCUT2D eigenvalue weighted by Gasteiger charge is -2.32. The quantitative estimate of drug-likeness (QED) is 0.548. The maximum Gasteiger partial charge on any atom is 0.255 e. The lowest BCUT2D eigenvalue weighted by molar-refractivity contribution is 0.0596. The molecule has 0 aromatic heterocycles. The van der Waals surface area contributed by atoms with E-state index in [1.165, 1.54) is 11.1 Å².